The van der Waals surface area contributed by atoms with Crippen LogP contribution in [0.5, 0.6) is 5.75 Å². The maximum absolute atomic E-state index is 9.71. The summed E-state index contributed by atoms with van der Waals surface area (Å²) >= 11 is 1.67. The van der Waals surface area contributed by atoms with Crippen molar-refractivity contribution in [3.8, 4) is 5.75 Å². The lowest BCUT2D eigenvalue weighted by Gasteiger charge is -2.10. The second-order valence-electron chi connectivity index (χ2n) is 3.21. The monoisotopic (exact) mass is 211 g/mol. The predicted molar refractivity (Wildman–Crippen MR) is 56.4 cm³/mol. The molecule has 0 fully saturated rings. The van der Waals surface area contributed by atoms with Crippen molar-refractivity contribution in [2.24, 2.45) is 5.73 Å². The largest absolute Gasteiger partial charge is 0.481 e. The van der Waals surface area contributed by atoms with Crippen LogP contribution in [0.2, 0.25) is 0 Å². The van der Waals surface area contributed by atoms with E-state index in [1.165, 1.54) is 0 Å². The number of aliphatic hydroxyl groups is 1. The summed E-state index contributed by atoms with van der Waals surface area (Å²) < 4.78 is 5.39. The van der Waals surface area contributed by atoms with E-state index in [4.69, 9.17) is 10.5 Å². The summed E-state index contributed by atoms with van der Waals surface area (Å²) in [5.74, 6) is 1.55. The number of nitrogens with two attached hydrogens (primary N) is 1. The quantitative estimate of drug-likeness (QED) is 0.795. The molecule has 0 spiro atoms. The van der Waals surface area contributed by atoms with E-state index in [0.717, 1.165) is 16.2 Å². The molecule has 0 amide bonds. The zero-order valence-corrected chi connectivity index (χ0v) is 8.59. The van der Waals surface area contributed by atoms with Crippen molar-refractivity contribution in [2.45, 2.75) is 17.4 Å². The van der Waals surface area contributed by atoms with E-state index in [2.05, 4.69) is 0 Å². The van der Waals surface area contributed by atoms with Crippen molar-refractivity contribution in [3.63, 3.8) is 0 Å². The van der Waals surface area contributed by atoms with Gasteiger partial charge in [-0.15, -0.1) is 0 Å². The molecule has 3 N–H and O–H groups in total. The Morgan fingerprint density at radius 3 is 3.21 bits per heavy atom. The van der Waals surface area contributed by atoms with E-state index in [1.807, 2.05) is 18.2 Å². The van der Waals surface area contributed by atoms with Crippen LogP contribution in [-0.2, 0) is 0 Å². The minimum Gasteiger partial charge on any atom is -0.481 e. The van der Waals surface area contributed by atoms with Gasteiger partial charge in [0.25, 0.3) is 0 Å². The first-order valence-electron chi connectivity index (χ1n) is 4.59. The number of thioether (sulfide) groups is 1. The average molecular weight is 211 g/mol. The third-order valence-electron chi connectivity index (χ3n) is 2.22. The Labute approximate surface area is 87.3 Å². The Morgan fingerprint density at radius 1 is 1.57 bits per heavy atom. The molecule has 1 unspecified atom stereocenters. The van der Waals surface area contributed by atoms with Crippen LogP contribution in [0.1, 0.15) is 18.1 Å². The summed E-state index contributed by atoms with van der Waals surface area (Å²) in [6.45, 7) is 0.494. The minimum absolute atomic E-state index is 0.473. The molecule has 1 heterocycles. The number of hydrogen-bond acceptors (Lipinski definition) is 4. The predicted octanol–water partition coefficient (Wildman–Crippen LogP) is 1.51. The van der Waals surface area contributed by atoms with Crippen LogP contribution in [0, 0.1) is 0 Å². The Hall–Kier alpha value is -0.710. The number of aliphatic hydroxyl groups excluding tert-OH is 1. The molecular weight excluding hydrogens is 198 g/mol. The topological polar surface area (TPSA) is 55.5 Å². The summed E-state index contributed by atoms with van der Waals surface area (Å²) in [4.78, 5) is 1.15. The molecule has 0 bridgehead atoms. The lowest BCUT2D eigenvalue weighted by molar-refractivity contribution is 0.170. The lowest BCUT2D eigenvalue weighted by atomic mass is 10.1. The van der Waals surface area contributed by atoms with Gasteiger partial charge in [0, 0.05) is 0 Å². The minimum atomic E-state index is -0.473. The molecule has 0 saturated heterocycles. The average Bonchev–Trinajstić information content (AvgIpc) is 2.64. The zero-order chi connectivity index (χ0) is 9.97. The maximum Gasteiger partial charge on any atom is 0.138 e. The highest BCUT2D eigenvalue weighted by Gasteiger charge is 2.15. The summed E-state index contributed by atoms with van der Waals surface area (Å²) in [6, 6.07) is 5.82. The number of fused-ring (bicyclic) bond motifs is 1. The van der Waals surface area contributed by atoms with Crippen molar-refractivity contribution in [3.05, 3.63) is 23.8 Å². The van der Waals surface area contributed by atoms with Crippen LogP contribution in [-0.4, -0.2) is 17.6 Å². The molecule has 1 aromatic carbocycles. The Morgan fingerprint density at radius 2 is 2.43 bits per heavy atom. The molecule has 0 saturated carbocycles. The molecule has 3 nitrogen and oxygen atoms in total. The van der Waals surface area contributed by atoms with Gasteiger partial charge >= 0.3 is 0 Å². The lowest BCUT2D eigenvalue weighted by Crippen LogP contribution is -2.06. The maximum atomic E-state index is 9.71. The van der Waals surface area contributed by atoms with E-state index >= 15 is 0 Å². The van der Waals surface area contributed by atoms with Gasteiger partial charge in [0.15, 0.2) is 0 Å². The summed E-state index contributed by atoms with van der Waals surface area (Å²) in [5, 5.41) is 9.71. The molecule has 14 heavy (non-hydrogen) atoms. The van der Waals surface area contributed by atoms with Gasteiger partial charge in [0.05, 0.1) is 11.0 Å². The van der Waals surface area contributed by atoms with E-state index in [0.29, 0.717) is 18.9 Å². The van der Waals surface area contributed by atoms with E-state index in [1.54, 1.807) is 11.8 Å². The first kappa shape index (κ1) is 9.83. The van der Waals surface area contributed by atoms with E-state index in [-0.39, 0.29) is 0 Å². The zero-order valence-electron chi connectivity index (χ0n) is 7.77. The molecule has 1 aliphatic rings. The molecular formula is C10H13NO2S. The third kappa shape index (κ3) is 1.87. The van der Waals surface area contributed by atoms with Crippen molar-refractivity contribution in [2.75, 3.05) is 12.5 Å². The standard InChI is InChI=1S/C10H13NO2S/c11-4-3-8(12)7-1-2-10-9(5-7)13-6-14-10/h1-2,5,8,12H,3-4,6,11H2. The Kier molecular flexibility index (Phi) is 2.96. The fourth-order valence-corrected chi connectivity index (χ4v) is 2.18. The fraction of sp³-hybridized carbons (Fsp3) is 0.400. The number of rotatable bonds is 3. The van der Waals surface area contributed by atoms with Crippen molar-refractivity contribution < 1.29 is 9.84 Å². The second kappa shape index (κ2) is 4.21. The van der Waals surface area contributed by atoms with E-state index in [9.17, 15) is 5.11 Å². The van der Waals surface area contributed by atoms with Crippen LogP contribution >= 0.6 is 11.8 Å². The van der Waals surface area contributed by atoms with Crippen molar-refractivity contribution >= 4 is 11.8 Å². The third-order valence-corrected chi connectivity index (χ3v) is 3.11. The van der Waals surface area contributed by atoms with Crippen LogP contribution in [0.25, 0.3) is 0 Å². The summed E-state index contributed by atoms with van der Waals surface area (Å²) in [7, 11) is 0. The molecule has 76 valence electrons. The number of benzene rings is 1. The van der Waals surface area contributed by atoms with Crippen molar-refractivity contribution in [1.29, 1.82) is 0 Å². The molecule has 0 radical (unpaired) electrons. The number of ether oxygens (including phenoxy) is 1. The SMILES string of the molecule is NCCC(O)c1ccc2c(c1)OCS2. The molecule has 1 aliphatic heterocycles. The van der Waals surface area contributed by atoms with Crippen molar-refractivity contribution in [1.82, 2.24) is 0 Å². The second-order valence-corrected chi connectivity index (χ2v) is 4.17. The van der Waals surface area contributed by atoms with Gasteiger partial charge in [-0.05, 0) is 30.7 Å². The van der Waals surface area contributed by atoms with Gasteiger partial charge in [-0.25, -0.2) is 0 Å². The summed E-state index contributed by atoms with van der Waals surface area (Å²) in [5.41, 5.74) is 6.27. The smallest absolute Gasteiger partial charge is 0.138 e. The molecule has 1 aromatic rings. The summed E-state index contributed by atoms with van der Waals surface area (Å²) in [6.07, 6.45) is 0.117. The van der Waals surface area contributed by atoms with Gasteiger partial charge in [0.2, 0.25) is 0 Å². The van der Waals surface area contributed by atoms with Crippen LogP contribution in [0.3, 0.4) is 0 Å². The molecule has 1 atom stereocenters. The molecule has 0 aliphatic carbocycles. The van der Waals surface area contributed by atoms with Crippen LogP contribution < -0.4 is 10.5 Å². The Bertz CT molecular complexity index is 330. The Balaban J connectivity index is 2.19. The van der Waals surface area contributed by atoms with E-state index < -0.39 is 6.10 Å². The normalized spacial score (nSPS) is 16.1. The van der Waals surface area contributed by atoms with Crippen LogP contribution in [0.4, 0.5) is 0 Å². The highest BCUT2D eigenvalue weighted by molar-refractivity contribution is 7.99. The van der Waals surface area contributed by atoms with Gasteiger partial charge in [-0.3, -0.25) is 0 Å². The van der Waals surface area contributed by atoms with Crippen LogP contribution in [0.15, 0.2) is 23.1 Å². The van der Waals surface area contributed by atoms with Gasteiger partial charge in [0.1, 0.15) is 11.7 Å². The van der Waals surface area contributed by atoms with Gasteiger partial charge < -0.3 is 15.6 Å². The van der Waals surface area contributed by atoms with Gasteiger partial charge in [-0.2, -0.15) is 0 Å². The fourth-order valence-electron chi connectivity index (χ4n) is 1.44. The van der Waals surface area contributed by atoms with Gasteiger partial charge in [-0.1, -0.05) is 17.8 Å². The first-order valence-corrected chi connectivity index (χ1v) is 5.57. The highest BCUT2D eigenvalue weighted by Crippen LogP contribution is 2.37. The molecule has 4 heteroatoms. The first-order chi connectivity index (χ1) is 6.81. The molecule has 2 rings (SSSR count). The highest BCUT2D eigenvalue weighted by atomic mass is 32.2. The number of hydrogen-bond donors (Lipinski definition) is 2. The molecule has 0 aromatic heterocycles.